The van der Waals surface area contributed by atoms with Crippen molar-refractivity contribution < 1.29 is 14.3 Å². The van der Waals surface area contributed by atoms with Gasteiger partial charge in [0.2, 0.25) is 0 Å². The summed E-state index contributed by atoms with van der Waals surface area (Å²) < 4.78 is 10.0. The van der Waals surface area contributed by atoms with Crippen LogP contribution in [0.5, 0.6) is 0 Å². The third kappa shape index (κ3) is 2.91. The third-order valence-electron chi connectivity index (χ3n) is 3.35. The van der Waals surface area contributed by atoms with Crippen LogP contribution in [0, 0.1) is 0 Å². The van der Waals surface area contributed by atoms with Crippen LogP contribution in [0.25, 0.3) is 0 Å². The molecule has 100 valence electrons. The molecule has 0 amide bonds. The Labute approximate surface area is 111 Å². The number of carbonyl (C=O) groups excluding carboxylic acids is 1. The molecule has 4 nitrogen and oxygen atoms in total. The van der Waals surface area contributed by atoms with E-state index >= 15 is 0 Å². The number of rotatable bonds is 5. The van der Waals surface area contributed by atoms with Gasteiger partial charge in [0.1, 0.15) is 4.88 Å². The highest BCUT2D eigenvalue weighted by Gasteiger charge is 2.26. The highest BCUT2D eigenvalue weighted by atomic mass is 32.1. The molecule has 1 saturated heterocycles. The van der Waals surface area contributed by atoms with Crippen molar-refractivity contribution >= 4 is 17.3 Å². The van der Waals surface area contributed by atoms with Gasteiger partial charge in [-0.3, -0.25) is 4.90 Å². The van der Waals surface area contributed by atoms with E-state index in [1.54, 1.807) is 7.11 Å². The molecule has 1 aromatic heterocycles. The van der Waals surface area contributed by atoms with Crippen molar-refractivity contribution in [2.24, 2.45) is 0 Å². The van der Waals surface area contributed by atoms with Gasteiger partial charge in [-0.1, -0.05) is 0 Å². The summed E-state index contributed by atoms with van der Waals surface area (Å²) in [5.41, 5.74) is 1.06. The first-order chi connectivity index (χ1) is 8.76. The minimum Gasteiger partial charge on any atom is -0.465 e. The molecule has 2 rings (SSSR count). The Hall–Kier alpha value is -0.910. The van der Waals surface area contributed by atoms with E-state index < -0.39 is 0 Å². The molecule has 1 unspecified atom stereocenters. The van der Waals surface area contributed by atoms with Crippen molar-refractivity contribution in [3.05, 3.63) is 21.9 Å². The monoisotopic (exact) mass is 269 g/mol. The smallest absolute Gasteiger partial charge is 0.348 e. The zero-order valence-electron chi connectivity index (χ0n) is 10.8. The Bertz CT molecular complexity index is 405. The molecule has 1 aromatic rings. The van der Waals surface area contributed by atoms with Gasteiger partial charge in [-0.25, -0.2) is 4.79 Å². The number of nitrogens with zero attached hydrogens (tertiary/aromatic N) is 1. The molecule has 0 spiro atoms. The van der Waals surface area contributed by atoms with Crippen LogP contribution in [0.15, 0.2) is 11.4 Å². The fourth-order valence-corrected chi connectivity index (χ4v) is 3.27. The van der Waals surface area contributed by atoms with E-state index in [0.717, 1.165) is 30.1 Å². The second kappa shape index (κ2) is 6.31. The van der Waals surface area contributed by atoms with Gasteiger partial charge in [-0.15, -0.1) is 11.3 Å². The third-order valence-corrected chi connectivity index (χ3v) is 4.29. The lowest BCUT2D eigenvalue weighted by molar-refractivity contribution is 0.0603. The number of hydrogen-bond acceptors (Lipinski definition) is 5. The van der Waals surface area contributed by atoms with Gasteiger partial charge in [0.15, 0.2) is 0 Å². The first kappa shape index (κ1) is 13.5. The van der Waals surface area contributed by atoms with E-state index in [1.165, 1.54) is 31.3 Å². The van der Waals surface area contributed by atoms with Crippen LogP contribution in [-0.2, 0) is 16.0 Å². The molecular formula is C13H19NO3S. The summed E-state index contributed by atoms with van der Waals surface area (Å²) in [5.74, 6) is -0.234. The summed E-state index contributed by atoms with van der Waals surface area (Å²) in [6.07, 6.45) is 2.37. The van der Waals surface area contributed by atoms with Gasteiger partial charge in [0.05, 0.1) is 13.7 Å². The van der Waals surface area contributed by atoms with E-state index in [-0.39, 0.29) is 5.97 Å². The summed E-state index contributed by atoms with van der Waals surface area (Å²) in [7, 11) is 3.16. The van der Waals surface area contributed by atoms with E-state index in [1.807, 2.05) is 11.4 Å². The molecule has 0 aromatic carbocycles. The highest BCUT2D eigenvalue weighted by Crippen LogP contribution is 2.24. The van der Waals surface area contributed by atoms with Gasteiger partial charge < -0.3 is 9.47 Å². The average Bonchev–Trinajstić information content (AvgIpc) is 3.00. The fourth-order valence-electron chi connectivity index (χ4n) is 2.44. The van der Waals surface area contributed by atoms with Crippen LogP contribution in [0.4, 0.5) is 0 Å². The van der Waals surface area contributed by atoms with Crippen molar-refractivity contribution in [1.82, 2.24) is 4.90 Å². The molecule has 0 bridgehead atoms. The Morgan fingerprint density at radius 1 is 1.56 bits per heavy atom. The van der Waals surface area contributed by atoms with Crippen molar-refractivity contribution in [1.29, 1.82) is 0 Å². The van der Waals surface area contributed by atoms with Crippen molar-refractivity contribution in [3.8, 4) is 0 Å². The fraction of sp³-hybridized carbons (Fsp3) is 0.615. The molecule has 2 heterocycles. The summed E-state index contributed by atoms with van der Waals surface area (Å²) in [4.78, 5) is 14.7. The molecule has 18 heavy (non-hydrogen) atoms. The van der Waals surface area contributed by atoms with E-state index in [4.69, 9.17) is 9.47 Å². The van der Waals surface area contributed by atoms with Crippen molar-refractivity contribution in [3.63, 3.8) is 0 Å². The second-order valence-corrected chi connectivity index (χ2v) is 5.40. The van der Waals surface area contributed by atoms with Crippen molar-refractivity contribution in [2.75, 3.05) is 27.4 Å². The predicted molar refractivity (Wildman–Crippen MR) is 71.0 cm³/mol. The standard InChI is InChI=1S/C13H19NO3S/c1-16-9-11-4-3-6-14(11)8-10-5-7-18-12(10)13(15)17-2/h5,7,11H,3-4,6,8-9H2,1-2H3. The number of thiophene rings is 1. The molecule has 1 aliphatic heterocycles. The number of ether oxygens (including phenoxy) is 2. The lowest BCUT2D eigenvalue weighted by Crippen LogP contribution is -2.32. The van der Waals surface area contributed by atoms with Crippen LogP contribution in [0.1, 0.15) is 28.1 Å². The largest absolute Gasteiger partial charge is 0.465 e. The van der Waals surface area contributed by atoms with Crippen LogP contribution < -0.4 is 0 Å². The lowest BCUT2D eigenvalue weighted by atomic mass is 10.2. The minimum atomic E-state index is -0.234. The Kier molecular flexibility index (Phi) is 4.74. The van der Waals surface area contributed by atoms with Crippen LogP contribution in [0.3, 0.4) is 0 Å². The lowest BCUT2D eigenvalue weighted by Gasteiger charge is -2.23. The number of carbonyl (C=O) groups is 1. The molecule has 1 aliphatic rings. The van der Waals surface area contributed by atoms with Gasteiger partial charge in [0.25, 0.3) is 0 Å². The topological polar surface area (TPSA) is 38.8 Å². The van der Waals surface area contributed by atoms with E-state index in [2.05, 4.69) is 4.90 Å². The molecular weight excluding hydrogens is 250 g/mol. The quantitative estimate of drug-likeness (QED) is 0.768. The normalized spacial score (nSPS) is 20.2. The van der Waals surface area contributed by atoms with Crippen LogP contribution in [-0.4, -0.2) is 44.3 Å². The maximum Gasteiger partial charge on any atom is 0.348 e. The van der Waals surface area contributed by atoms with Gasteiger partial charge in [-0.2, -0.15) is 0 Å². The molecule has 0 N–H and O–H groups in total. The predicted octanol–water partition coefficient (Wildman–Crippen LogP) is 2.15. The van der Waals surface area contributed by atoms with Crippen LogP contribution in [0.2, 0.25) is 0 Å². The minimum absolute atomic E-state index is 0.234. The number of esters is 1. The first-order valence-electron chi connectivity index (χ1n) is 6.14. The SMILES string of the molecule is COCC1CCCN1Cc1ccsc1C(=O)OC. The molecule has 0 aliphatic carbocycles. The van der Waals surface area contributed by atoms with Gasteiger partial charge in [-0.05, 0) is 36.4 Å². The molecule has 0 radical (unpaired) electrons. The summed E-state index contributed by atoms with van der Waals surface area (Å²) in [6.45, 7) is 2.64. The first-order valence-corrected chi connectivity index (χ1v) is 7.02. The Morgan fingerprint density at radius 2 is 2.39 bits per heavy atom. The Balaban J connectivity index is 2.05. The van der Waals surface area contributed by atoms with E-state index in [9.17, 15) is 4.79 Å². The maximum atomic E-state index is 11.6. The molecule has 1 atom stereocenters. The number of likely N-dealkylation sites (tertiary alicyclic amines) is 1. The maximum absolute atomic E-state index is 11.6. The summed E-state index contributed by atoms with van der Waals surface area (Å²) in [6, 6.07) is 2.49. The zero-order valence-corrected chi connectivity index (χ0v) is 11.7. The zero-order chi connectivity index (χ0) is 13.0. The second-order valence-electron chi connectivity index (χ2n) is 4.49. The van der Waals surface area contributed by atoms with Gasteiger partial charge >= 0.3 is 5.97 Å². The number of methoxy groups -OCH3 is 2. The highest BCUT2D eigenvalue weighted by molar-refractivity contribution is 7.12. The van der Waals surface area contributed by atoms with E-state index in [0.29, 0.717) is 6.04 Å². The van der Waals surface area contributed by atoms with Crippen LogP contribution >= 0.6 is 11.3 Å². The Morgan fingerprint density at radius 3 is 3.11 bits per heavy atom. The molecule has 5 heteroatoms. The average molecular weight is 269 g/mol. The summed E-state index contributed by atoms with van der Waals surface area (Å²) >= 11 is 1.45. The molecule has 0 saturated carbocycles. The molecule has 1 fully saturated rings. The summed E-state index contributed by atoms with van der Waals surface area (Å²) in [5, 5.41) is 1.95. The van der Waals surface area contributed by atoms with Gasteiger partial charge in [0, 0.05) is 19.7 Å². The number of hydrogen-bond donors (Lipinski definition) is 0. The van der Waals surface area contributed by atoms with Crippen molar-refractivity contribution in [2.45, 2.75) is 25.4 Å².